The molecule has 3 aromatic carbocycles. The van der Waals surface area contributed by atoms with Crippen LogP contribution >= 0.6 is 46.6 Å². The van der Waals surface area contributed by atoms with E-state index in [0.717, 1.165) is 16.7 Å². The highest BCUT2D eigenvalue weighted by Crippen LogP contribution is 2.35. The number of carbonyl (C=O) groups is 2. The van der Waals surface area contributed by atoms with Crippen LogP contribution in [0.15, 0.2) is 65.6 Å². The second-order valence-corrected chi connectivity index (χ2v) is 9.31. The summed E-state index contributed by atoms with van der Waals surface area (Å²) in [6.07, 6.45) is 1.61. The summed E-state index contributed by atoms with van der Waals surface area (Å²) < 4.78 is 19.6. The van der Waals surface area contributed by atoms with Gasteiger partial charge in [-0.2, -0.15) is 0 Å². The Bertz CT molecular complexity index is 1260. The molecule has 0 unspecified atom stereocenters. The van der Waals surface area contributed by atoms with Gasteiger partial charge in [0.05, 0.1) is 16.5 Å². The van der Waals surface area contributed by atoms with Crippen molar-refractivity contribution in [1.29, 1.82) is 0 Å². The molecule has 168 valence electrons. The smallest absolute Gasteiger partial charge is 0.293 e. The third-order valence-electron chi connectivity index (χ3n) is 4.82. The number of carbonyl (C=O) groups excluding carboxylic acids is 2. The van der Waals surface area contributed by atoms with Gasteiger partial charge in [-0.25, -0.2) is 4.39 Å². The average Bonchev–Trinajstić information content (AvgIpc) is 3.03. The van der Waals surface area contributed by atoms with Crippen molar-refractivity contribution in [3.8, 4) is 5.75 Å². The van der Waals surface area contributed by atoms with Gasteiger partial charge in [0.25, 0.3) is 11.1 Å². The summed E-state index contributed by atoms with van der Waals surface area (Å²) in [5.41, 5.74) is 1.53. The maximum absolute atomic E-state index is 14.0. The molecule has 0 radical (unpaired) electrons. The highest BCUT2D eigenvalue weighted by Gasteiger charge is 2.35. The number of nitrogens with zero attached hydrogens (tertiary/aromatic N) is 1. The van der Waals surface area contributed by atoms with Gasteiger partial charge in [0.2, 0.25) is 0 Å². The topological polar surface area (TPSA) is 46.6 Å². The molecule has 0 aliphatic carbocycles. The fourth-order valence-corrected chi connectivity index (χ4v) is 4.65. The summed E-state index contributed by atoms with van der Waals surface area (Å²) in [4.78, 5) is 26.7. The minimum atomic E-state index is -0.451. The fourth-order valence-electron chi connectivity index (χ4n) is 3.13. The van der Waals surface area contributed by atoms with Crippen molar-refractivity contribution in [2.45, 2.75) is 13.2 Å². The number of hydrogen-bond donors (Lipinski definition) is 0. The van der Waals surface area contributed by atoms with E-state index in [-0.39, 0.29) is 33.9 Å². The largest absolute Gasteiger partial charge is 0.489 e. The quantitative estimate of drug-likeness (QED) is 0.313. The summed E-state index contributed by atoms with van der Waals surface area (Å²) in [5.74, 6) is -0.399. The number of ether oxygens (including phenoxy) is 1. The summed E-state index contributed by atoms with van der Waals surface area (Å²) >= 11 is 19.0. The maximum atomic E-state index is 14.0. The fraction of sp³-hybridized carbons (Fsp3) is 0.0833. The molecule has 3 aromatic rings. The van der Waals surface area contributed by atoms with Crippen molar-refractivity contribution in [3.63, 3.8) is 0 Å². The Morgan fingerprint density at radius 3 is 2.52 bits per heavy atom. The molecule has 1 aliphatic rings. The van der Waals surface area contributed by atoms with E-state index >= 15 is 0 Å². The molecule has 9 heteroatoms. The van der Waals surface area contributed by atoms with Gasteiger partial charge in [0, 0.05) is 15.6 Å². The number of benzene rings is 3. The van der Waals surface area contributed by atoms with E-state index in [0.29, 0.717) is 26.9 Å². The van der Waals surface area contributed by atoms with Gasteiger partial charge in [-0.1, -0.05) is 59.1 Å². The van der Waals surface area contributed by atoms with Gasteiger partial charge in [0.15, 0.2) is 0 Å². The summed E-state index contributed by atoms with van der Waals surface area (Å²) in [7, 11) is 0. The van der Waals surface area contributed by atoms with E-state index < -0.39 is 11.7 Å². The van der Waals surface area contributed by atoms with Crippen LogP contribution in [0.4, 0.5) is 9.18 Å². The standard InChI is InChI=1S/C24H15Cl3FNO3S/c25-16-8-7-15(20(27)11-16)12-29-23(30)22(33-24(29)31)10-14-3-1-4-17(9-14)32-13-18-19(26)5-2-6-21(18)28/h1-11H,12-13H2/b22-10-. The lowest BCUT2D eigenvalue weighted by Gasteiger charge is -2.13. The number of thioether (sulfide) groups is 1. The molecule has 0 spiro atoms. The SMILES string of the molecule is O=C1S/C(=C\c2cccc(OCc3c(F)cccc3Cl)c2)C(=O)N1Cc1ccc(Cl)cc1Cl. The highest BCUT2D eigenvalue weighted by molar-refractivity contribution is 8.18. The third-order valence-corrected chi connectivity index (χ3v) is 6.67. The monoisotopic (exact) mass is 521 g/mol. The van der Waals surface area contributed by atoms with Crippen molar-refractivity contribution in [2.24, 2.45) is 0 Å². The third kappa shape index (κ3) is 5.53. The molecule has 1 fully saturated rings. The number of halogens is 4. The predicted octanol–water partition coefficient (Wildman–Crippen LogP) is 7.60. The lowest BCUT2D eigenvalue weighted by Crippen LogP contribution is -2.27. The van der Waals surface area contributed by atoms with Crippen LogP contribution < -0.4 is 4.74 Å². The Morgan fingerprint density at radius 1 is 0.970 bits per heavy atom. The number of rotatable bonds is 6. The molecule has 0 saturated carbocycles. The minimum absolute atomic E-state index is 0.0462. The second-order valence-electron chi connectivity index (χ2n) is 7.06. The van der Waals surface area contributed by atoms with Crippen LogP contribution in [-0.4, -0.2) is 16.0 Å². The first kappa shape index (κ1) is 23.6. The molecular weight excluding hydrogens is 508 g/mol. The van der Waals surface area contributed by atoms with E-state index in [1.165, 1.54) is 12.1 Å². The lowest BCUT2D eigenvalue weighted by molar-refractivity contribution is -0.123. The zero-order valence-corrected chi connectivity index (χ0v) is 19.9. The van der Waals surface area contributed by atoms with Crippen molar-refractivity contribution >= 4 is 63.8 Å². The molecule has 2 amide bonds. The van der Waals surface area contributed by atoms with E-state index in [9.17, 15) is 14.0 Å². The molecule has 0 aromatic heterocycles. The lowest BCUT2D eigenvalue weighted by atomic mass is 10.2. The summed E-state index contributed by atoms with van der Waals surface area (Å²) in [6, 6.07) is 16.2. The first-order valence-electron chi connectivity index (χ1n) is 9.67. The van der Waals surface area contributed by atoms with E-state index in [1.807, 2.05) is 0 Å². The van der Waals surface area contributed by atoms with Gasteiger partial charge in [-0.15, -0.1) is 0 Å². The summed E-state index contributed by atoms with van der Waals surface area (Å²) in [5, 5.41) is 0.738. The van der Waals surface area contributed by atoms with Crippen LogP contribution in [0.1, 0.15) is 16.7 Å². The molecule has 1 heterocycles. The van der Waals surface area contributed by atoms with Crippen molar-refractivity contribution in [2.75, 3.05) is 0 Å². The Labute approximate surface area is 208 Å². The van der Waals surface area contributed by atoms with Crippen LogP contribution in [0.5, 0.6) is 5.75 Å². The molecule has 1 aliphatic heterocycles. The van der Waals surface area contributed by atoms with E-state index in [1.54, 1.807) is 54.6 Å². The predicted molar refractivity (Wildman–Crippen MR) is 130 cm³/mol. The van der Waals surface area contributed by atoms with Gasteiger partial charge < -0.3 is 4.74 Å². The maximum Gasteiger partial charge on any atom is 0.293 e. The highest BCUT2D eigenvalue weighted by atomic mass is 35.5. The van der Waals surface area contributed by atoms with E-state index in [2.05, 4.69) is 0 Å². The average molecular weight is 523 g/mol. The van der Waals surface area contributed by atoms with Crippen molar-refractivity contribution in [3.05, 3.63) is 103 Å². The molecule has 0 bridgehead atoms. The first-order valence-corrected chi connectivity index (χ1v) is 11.6. The molecule has 4 nitrogen and oxygen atoms in total. The molecular formula is C24H15Cl3FNO3S. The normalized spacial score (nSPS) is 14.9. The van der Waals surface area contributed by atoms with Gasteiger partial charge in [-0.05, 0) is 65.4 Å². The Morgan fingerprint density at radius 2 is 1.76 bits per heavy atom. The number of hydrogen-bond acceptors (Lipinski definition) is 4. The minimum Gasteiger partial charge on any atom is -0.489 e. The zero-order valence-electron chi connectivity index (χ0n) is 16.9. The van der Waals surface area contributed by atoms with Crippen molar-refractivity contribution in [1.82, 2.24) is 4.90 Å². The Kier molecular flexibility index (Phi) is 7.29. The van der Waals surface area contributed by atoms with Crippen LogP contribution in [0.2, 0.25) is 15.1 Å². The number of imide groups is 1. The molecule has 4 rings (SSSR count). The van der Waals surface area contributed by atoms with Crippen LogP contribution in [0.25, 0.3) is 6.08 Å². The van der Waals surface area contributed by atoms with Crippen LogP contribution in [0.3, 0.4) is 0 Å². The van der Waals surface area contributed by atoms with Gasteiger partial charge >= 0.3 is 0 Å². The van der Waals surface area contributed by atoms with Crippen LogP contribution in [-0.2, 0) is 17.9 Å². The first-order chi connectivity index (χ1) is 15.8. The molecule has 0 atom stereocenters. The van der Waals surface area contributed by atoms with Crippen molar-refractivity contribution < 1.29 is 18.7 Å². The zero-order chi connectivity index (χ0) is 23.5. The summed E-state index contributed by atoms with van der Waals surface area (Å²) in [6.45, 7) is -0.00210. The molecule has 0 N–H and O–H groups in total. The number of amides is 2. The van der Waals surface area contributed by atoms with Crippen LogP contribution in [0, 0.1) is 5.82 Å². The molecule has 1 saturated heterocycles. The van der Waals surface area contributed by atoms with Gasteiger partial charge in [-0.3, -0.25) is 14.5 Å². The van der Waals surface area contributed by atoms with E-state index in [4.69, 9.17) is 39.5 Å². The second kappa shape index (κ2) is 10.2. The van der Waals surface area contributed by atoms with Gasteiger partial charge in [0.1, 0.15) is 18.2 Å². The molecule has 33 heavy (non-hydrogen) atoms. The Balaban J connectivity index is 1.48. The Hall–Kier alpha value is -2.51.